The highest BCUT2D eigenvalue weighted by atomic mass is 16.2. The number of nitrogens with two attached hydrogens (primary N) is 1. The van der Waals surface area contributed by atoms with Crippen molar-refractivity contribution in [3.63, 3.8) is 0 Å². The number of amides is 1. The third kappa shape index (κ3) is 3.82. The molecule has 0 radical (unpaired) electrons. The van der Waals surface area contributed by atoms with E-state index < -0.39 is 11.2 Å². The highest BCUT2D eigenvalue weighted by molar-refractivity contribution is 5.78. The summed E-state index contributed by atoms with van der Waals surface area (Å²) in [5.74, 6) is -0.126. The number of carbonyl (C=O) groups excluding carboxylic acids is 1. The molecule has 0 bridgehead atoms. The number of nitrogens with zero attached hydrogens (tertiary/aromatic N) is 1. The molecule has 0 aliphatic rings. The first kappa shape index (κ1) is 16.0. The van der Waals surface area contributed by atoms with Crippen molar-refractivity contribution in [2.45, 2.75) is 25.8 Å². The summed E-state index contributed by atoms with van der Waals surface area (Å²) in [4.78, 5) is 37.7. The normalized spacial score (nSPS) is 10.8. The van der Waals surface area contributed by atoms with E-state index in [0.29, 0.717) is 24.0 Å². The van der Waals surface area contributed by atoms with E-state index in [2.05, 4.69) is 10.3 Å². The Morgan fingerprint density at radius 3 is 2.77 bits per heavy atom. The Morgan fingerprint density at radius 1 is 1.23 bits per heavy atom. The molecule has 1 heterocycles. The predicted molar refractivity (Wildman–Crippen MR) is 84.7 cm³/mol. The molecule has 0 saturated carbocycles. The Balaban J connectivity index is 2.07. The number of hydrogen-bond donors (Lipinski definition) is 3. The summed E-state index contributed by atoms with van der Waals surface area (Å²) < 4.78 is 1.41. The lowest BCUT2D eigenvalue weighted by atomic mass is 10.2. The molecule has 0 saturated heterocycles. The monoisotopic (exact) mass is 304 g/mol. The number of unbranched alkanes of at least 4 members (excludes halogenated alkanes) is 1. The zero-order valence-electron chi connectivity index (χ0n) is 12.3. The summed E-state index contributed by atoms with van der Waals surface area (Å²) in [7, 11) is 0. The van der Waals surface area contributed by atoms with Gasteiger partial charge in [-0.05, 0) is 31.5 Å². The minimum absolute atomic E-state index is 0.126. The van der Waals surface area contributed by atoms with Crippen molar-refractivity contribution in [1.29, 1.82) is 0 Å². The van der Waals surface area contributed by atoms with E-state index in [4.69, 9.17) is 5.73 Å². The van der Waals surface area contributed by atoms with Gasteiger partial charge in [0, 0.05) is 19.5 Å². The van der Waals surface area contributed by atoms with Crippen LogP contribution in [0.3, 0.4) is 0 Å². The van der Waals surface area contributed by atoms with Gasteiger partial charge in [-0.25, -0.2) is 4.79 Å². The lowest BCUT2D eigenvalue weighted by Crippen LogP contribution is -2.32. The summed E-state index contributed by atoms with van der Waals surface area (Å²) in [5, 5.41) is 3.22. The van der Waals surface area contributed by atoms with E-state index in [-0.39, 0.29) is 18.9 Å². The zero-order chi connectivity index (χ0) is 15.9. The molecule has 0 aliphatic heterocycles. The summed E-state index contributed by atoms with van der Waals surface area (Å²) in [6.45, 7) is 1.41. The molecule has 4 N–H and O–H groups in total. The van der Waals surface area contributed by atoms with Crippen molar-refractivity contribution in [2.75, 3.05) is 13.1 Å². The number of aromatic amines is 1. The fraction of sp³-hybridized carbons (Fsp3) is 0.400. The molecule has 1 aromatic heterocycles. The molecule has 118 valence electrons. The lowest BCUT2D eigenvalue weighted by molar-refractivity contribution is -0.121. The predicted octanol–water partition coefficient (Wildman–Crippen LogP) is -0.0650. The molecule has 2 aromatic rings. The van der Waals surface area contributed by atoms with Crippen LogP contribution in [-0.4, -0.2) is 28.5 Å². The first-order valence-corrected chi connectivity index (χ1v) is 7.32. The molecule has 0 fully saturated rings. The molecule has 0 atom stereocenters. The van der Waals surface area contributed by atoms with Gasteiger partial charge in [-0.1, -0.05) is 12.1 Å². The maximum atomic E-state index is 11.9. The second-order valence-electron chi connectivity index (χ2n) is 5.02. The Labute approximate surface area is 127 Å². The van der Waals surface area contributed by atoms with Gasteiger partial charge in [-0.2, -0.15) is 0 Å². The molecule has 7 nitrogen and oxygen atoms in total. The van der Waals surface area contributed by atoms with Gasteiger partial charge in [-0.15, -0.1) is 0 Å². The Kier molecular flexibility index (Phi) is 5.48. The van der Waals surface area contributed by atoms with Crippen LogP contribution in [0.15, 0.2) is 33.9 Å². The van der Waals surface area contributed by atoms with Crippen LogP contribution in [0.25, 0.3) is 10.9 Å². The van der Waals surface area contributed by atoms with Crippen molar-refractivity contribution >= 4 is 16.8 Å². The molecule has 2 rings (SSSR count). The van der Waals surface area contributed by atoms with Crippen molar-refractivity contribution in [3.8, 4) is 0 Å². The fourth-order valence-electron chi connectivity index (χ4n) is 2.26. The summed E-state index contributed by atoms with van der Waals surface area (Å²) in [5.41, 5.74) is 5.00. The molecule has 0 aliphatic carbocycles. The standard InChI is InChI=1S/C15H20N4O3/c16-8-3-4-9-17-13(20)7-10-19-12-6-2-1-5-11(12)14(21)18-15(19)22/h1-2,5-6H,3-4,7-10,16H2,(H,17,20)(H,18,21,22). The van der Waals surface area contributed by atoms with E-state index in [1.807, 2.05) is 0 Å². The molecular weight excluding hydrogens is 284 g/mol. The Hall–Kier alpha value is -2.41. The maximum absolute atomic E-state index is 11.9. The lowest BCUT2D eigenvalue weighted by Gasteiger charge is -2.09. The largest absolute Gasteiger partial charge is 0.356 e. The van der Waals surface area contributed by atoms with Gasteiger partial charge in [0.15, 0.2) is 0 Å². The number of nitrogens with one attached hydrogen (secondary N) is 2. The first-order valence-electron chi connectivity index (χ1n) is 7.32. The summed E-state index contributed by atoms with van der Waals surface area (Å²) >= 11 is 0. The van der Waals surface area contributed by atoms with E-state index in [0.717, 1.165) is 12.8 Å². The molecule has 22 heavy (non-hydrogen) atoms. The van der Waals surface area contributed by atoms with E-state index in [9.17, 15) is 14.4 Å². The molecule has 0 unspecified atom stereocenters. The van der Waals surface area contributed by atoms with E-state index in [1.54, 1.807) is 24.3 Å². The number of aromatic nitrogens is 2. The van der Waals surface area contributed by atoms with Gasteiger partial charge < -0.3 is 11.1 Å². The van der Waals surface area contributed by atoms with Crippen molar-refractivity contribution in [2.24, 2.45) is 5.73 Å². The van der Waals surface area contributed by atoms with Crippen LogP contribution >= 0.6 is 0 Å². The smallest absolute Gasteiger partial charge is 0.328 e. The second kappa shape index (κ2) is 7.56. The topological polar surface area (TPSA) is 110 Å². The molecular formula is C15H20N4O3. The van der Waals surface area contributed by atoms with Crippen molar-refractivity contribution < 1.29 is 4.79 Å². The number of hydrogen-bond acceptors (Lipinski definition) is 4. The van der Waals surface area contributed by atoms with Crippen LogP contribution in [0.1, 0.15) is 19.3 Å². The molecule has 1 aromatic carbocycles. The third-order valence-electron chi connectivity index (χ3n) is 3.42. The number of carbonyl (C=O) groups is 1. The Morgan fingerprint density at radius 2 is 2.00 bits per heavy atom. The second-order valence-corrected chi connectivity index (χ2v) is 5.02. The fourth-order valence-corrected chi connectivity index (χ4v) is 2.26. The molecule has 7 heteroatoms. The van der Waals surface area contributed by atoms with Gasteiger partial charge in [0.1, 0.15) is 0 Å². The van der Waals surface area contributed by atoms with Crippen LogP contribution in [0.2, 0.25) is 0 Å². The SMILES string of the molecule is NCCCCNC(=O)CCn1c(=O)[nH]c(=O)c2ccccc21. The maximum Gasteiger partial charge on any atom is 0.328 e. The summed E-state index contributed by atoms with van der Waals surface area (Å²) in [6.07, 6.45) is 1.88. The number of aryl methyl sites for hydroxylation is 1. The highest BCUT2D eigenvalue weighted by Crippen LogP contribution is 2.06. The van der Waals surface area contributed by atoms with Crippen molar-refractivity contribution in [3.05, 3.63) is 45.1 Å². The Bertz CT molecular complexity index is 763. The minimum atomic E-state index is -0.500. The van der Waals surface area contributed by atoms with Crippen LogP contribution in [0.5, 0.6) is 0 Å². The van der Waals surface area contributed by atoms with Crippen LogP contribution in [0, 0.1) is 0 Å². The van der Waals surface area contributed by atoms with E-state index in [1.165, 1.54) is 4.57 Å². The summed E-state index contributed by atoms with van der Waals surface area (Å²) in [6, 6.07) is 6.84. The van der Waals surface area contributed by atoms with Gasteiger partial charge in [0.25, 0.3) is 5.56 Å². The third-order valence-corrected chi connectivity index (χ3v) is 3.42. The zero-order valence-corrected chi connectivity index (χ0v) is 12.3. The number of benzene rings is 1. The minimum Gasteiger partial charge on any atom is -0.356 e. The number of fused-ring (bicyclic) bond motifs is 1. The van der Waals surface area contributed by atoms with Gasteiger partial charge >= 0.3 is 5.69 Å². The molecule has 1 amide bonds. The highest BCUT2D eigenvalue weighted by Gasteiger charge is 2.08. The average molecular weight is 304 g/mol. The number of H-pyrrole nitrogens is 1. The first-order chi connectivity index (χ1) is 10.6. The quantitative estimate of drug-likeness (QED) is 0.622. The van der Waals surface area contributed by atoms with Crippen LogP contribution < -0.4 is 22.3 Å². The van der Waals surface area contributed by atoms with Crippen LogP contribution in [-0.2, 0) is 11.3 Å². The number of para-hydroxylation sites is 1. The van der Waals surface area contributed by atoms with Gasteiger partial charge in [-0.3, -0.25) is 19.1 Å². The van der Waals surface area contributed by atoms with Gasteiger partial charge in [0.05, 0.1) is 10.9 Å². The van der Waals surface area contributed by atoms with Crippen LogP contribution in [0.4, 0.5) is 0 Å². The van der Waals surface area contributed by atoms with Crippen molar-refractivity contribution in [1.82, 2.24) is 14.9 Å². The van der Waals surface area contributed by atoms with Gasteiger partial charge in [0.2, 0.25) is 5.91 Å². The average Bonchev–Trinajstić information content (AvgIpc) is 2.51. The van der Waals surface area contributed by atoms with E-state index >= 15 is 0 Å². The molecule has 0 spiro atoms. The number of rotatable bonds is 7.